The number of carbonyl (C=O) groups excluding carboxylic acids is 1. The SMILES string of the molecule is Cc1ccc(NC(=O)c2noc3ccccc23)c(C)c1. The van der Waals surface area contributed by atoms with Gasteiger partial charge in [0.15, 0.2) is 11.3 Å². The first-order chi connectivity index (χ1) is 9.65. The highest BCUT2D eigenvalue weighted by molar-refractivity contribution is 6.10. The molecule has 0 unspecified atom stereocenters. The number of para-hydroxylation sites is 1. The summed E-state index contributed by atoms with van der Waals surface area (Å²) in [7, 11) is 0. The smallest absolute Gasteiger partial charge is 0.278 e. The van der Waals surface area contributed by atoms with E-state index in [4.69, 9.17) is 4.52 Å². The number of benzene rings is 2. The molecule has 0 aliphatic rings. The van der Waals surface area contributed by atoms with E-state index in [1.165, 1.54) is 0 Å². The number of fused-ring (bicyclic) bond motifs is 1. The van der Waals surface area contributed by atoms with Gasteiger partial charge in [-0.05, 0) is 37.6 Å². The fourth-order valence-electron chi connectivity index (χ4n) is 2.18. The summed E-state index contributed by atoms with van der Waals surface area (Å²) in [5.74, 6) is -0.262. The summed E-state index contributed by atoms with van der Waals surface area (Å²) in [6.07, 6.45) is 0. The van der Waals surface area contributed by atoms with Gasteiger partial charge in [-0.3, -0.25) is 4.79 Å². The highest BCUT2D eigenvalue weighted by Gasteiger charge is 2.16. The standard InChI is InChI=1S/C16H14N2O2/c1-10-7-8-13(11(2)9-10)17-16(19)15-12-5-3-4-6-14(12)20-18-15/h3-9H,1-2H3,(H,17,19). The molecule has 1 heterocycles. The minimum absolute atomic E-state index is 0.262. The molecule has 100 valence electrons. The molecule has 4 nitrogen and oxygen atoms in total. The van der Waals surface area contributed by atoms with Gasteiger partial charge < -0.3 is 9.84 Å². The van der Waals surface area contributed by atoms with E-state index in [0.29, 0.717) is 11.3 Å². The molecule has 1 amide bonds. The Hall–Kier alpha value is -2.62. The van der Waals surface area contributed by atoms with Crippen molar-refractivity contribution in [3.05, 3.63) is 59.3 Å². The number of anilines is 1. The third-order valence-electron chi connectivity index (χ3n) is 3.22. The van der Waals surface area contributed by atoms with Crippen LogP contribution in [0.5, 0.6) is 0 Å². The van der Waals surface area contributed by atoms with E-state index in [1.54, 1.807) is 6.07 Å². The number of nitrogens with one attached hydrogen (secondary N) is 1. The minimum atomic E-state index is -0.262. The largest absolute Gasteiger partial charge is 0.355 e. The van der Waals surface area contributed by atoms with Crippen molar-refractivity contribution in [3.63, 3.8) is 0 Å². The Morgan fingerprint density at radius 1 is 1.15 bits per heavy atom. The summed E-state index contributed by atoms with van der Waals surface area (Å²) in [5, 5.41) is 7.44. The Bertz CT molecular complexity index is 790. The van der Waals surface area contributed by atoms with Gasteiger partial charge in [0.05, 0.1) is 5.39 Å². The molecule has 0 radical (unpaired) electrons. The molecule has 1 N–H and O–H groups in total. The second-order valence-corrected chi connectivity index (χ2v) is 4.80. The zero-order chi connectivity index (χ0) is 14.1. The fraction of sp³-hybridized carbons (Fsp3) is 0.125. The second-order valence-electron chi connectivity index (χ2n) is 4.80. The fourth-order valence-corrected chi connectivity index (χ4v) is 2.18. The minimum Gasteiger partial charge on any atom is -0.355 e. The van der Waals surface area contributed by atoms with Crippen LogP contribution in [0.4, 0.5) is 5.69 Å². The van der Waals surface area contributed by atoms with Crippen molar-refractivity contribution in [2.24, 2.45) is 0 Å². The van der Waals surface area contributed by atoms with Gasteiger partial charge in [-0.2, -0.15) is 0 Å². The van der Waals surface area contributed by atoms with Crippen LogP contribution in [0.1, 0.15) is 21.6 Å². The van der Waals surface area contributed by atoms with Gasteiger partial charge >= 0.3 is 0 Å². The van der Waals surface area contributed by atoms with Crippen LogP contribution in [0.2, 0.25) is 0 Å². The summed E-state index contributed by atoms with van der Waals surface area (Å²) >= 11 is 0. The summed E-state index contributed by atoms with van der Waals surface area (Å²) in [6, 6.07) is 13.2. The van der Waals surface area contributed by atoms with E-state index in [1.807, 2.05) is 50.2 Å². The molecular weight excluding hydrogens is 252 g/mol. The van der Waals surface area contributed by atoms with Crippen LogP contribution in [0.25, 0.3) is 11.0 Å². The monoisotopic (exact) mass is 266 g/mol. The summed E-state index contributed by atoms with van der Waals surface area (Å²) in [5.41, 5.74) is 3.88. The Labute approximate surface area is 116 Å². The number of carbonyl (C=O) groups is 1. The molecule has 0 saturated heterocycles. The molecule has 0 aliphatic carbocycles. The number of nitrogens with zero attached hydrogens (tertiary/aromatic N) is 1. The van der Waals surface area contributed by atoms with Crippen LogP contribution in [-0.4, -0.2) is 11.1 Å². The Kier molecular flexibility index (Phi) is 2.99. The maximum Gasteiger partial charge on any atom is 0.278 e. The van der Waals surface area contributed by atoms with Crippen LogP contribution in [-0.2, 0) is 0 Å². The molecule has 0 atom stereocenters. The van der Waals surface area contributed by atoms with Gasteiger partial charge in [0.1, 0.15) is 0 Å². The Morgan fingerprint density at radius 3 is 2.75 bits per heavy atom. The first-order valence-corrected chi connectivity index (χ1v) is 6.38. The van der Waals surface area contributed by atoms with Crippen LogP contribution < -0.4 is 5.32 Å². The lowest BCUT2D eigenvalue weighted by Gasteiger charge is -2.07. The number of amides is 1. The number of hydrogen-bond acceptors (Lipinski definition) is 3. The molecule has 0 bridgehead atoms. The first-order valence-electron chi connectivity index (χ1n) is 6.38. The van der Waals surface area contributed by atoms with E-state index in [0.717, 1.165) is 22.2 Å². The second kappa shape index (κ2) is 4.81. The van der Waals surface area contributed by atoms with E-state index in [9.17, 15) is 4.79 Å². The van der Waals surface area contributed by atoms with Crippen LogP contribution in [0, 0.1) is 13.8 Å². The van der Waals surface area contributed by atoms with Gasteiger partial charge in [-0.25, -0.2) is 0 Å². The van der Waals surface area contributed by atoms with E-state index in [-0.39, 0.29) is 5.91 Å². The van der Waals surface area contributed by atoms with Crippen molar-refractivity contribution < 1.29 is 9.32 Å². The van der Waals surface area contributed by atoms with E-state index < -0.39 is 0 Å². The maximum absolute atomic E-state index is 12.3. The zero-order valence-corrected chi connectivity index (χ0v) is 11.3. The molecule has 3 aromatic rings. The third-order valence-corrected chi connectivity index (χ3v) is 3.22. The van der Waals surface area contributed by atoms with Crippen molar-refractivity contribution >= 4 is 22.6 Å². The summed E-state index contributed by atoms with van der Waals surface area (Å²) in [6.45, 7) is 3.98. The molecule has 2 aromatic carbocycles. The molecular formula is C16H14N2O2. The highest BCUT2D eigenvalue weighted by atomic mass is 16.5. The lowest BCUT2D eigenvalue weighted by Crippen LogP contribution is -2.13. The summed E-state index contributed by atoms with van der Waals surface area (Å²) in [4.78, 5) is 12.3. The average Bonchev–Trinajstić information content (AvgIpc) is 2.86. The Balaban J connectivity index is 1.93. The van der Waals surface area contributed by atoms with Crippen molar-refractivity contribution in [3.8, 4) is 0 Å². The predicted octanol–water partition coefficient (Wildman–Crippen LogP) is 3.70. The molecule has 20 heavy (non-hydrogen) atoms. The zero-order valence-electron chi connectivity index (χ0n) is 11.3. The quantitative estimate of drug-likeness (QED) is 0.769. The van der Waals surface area contributed by atoms with Gasteiger partial charge in [0, 0.05) is 5.69 Å². The lowest BCUT2D eigenvalue weighted by atomic mass is 10.1. The first kappa shape index (κ1) is 12.4. The lowest BCUT2D eigenvalue weighted by molar-refractivity contribution is 0.102. The molecule has 0 spiro atoms. The Morgan fingerprint density at radius 2 is 1.95 bits per heavy atom. The van der Waals surface area contributed by atoms with Crippen molar-refractivity contribution in [1.82, 2.24) is 5.16 Å². The van der Waals surface area contributed by atoms with Crippen molar-refractivity contribution in [2.45, 2.75) is 13.8 Å². The van der Waals surface area contributed by atoms with Crippen LogP contribution in [0.15, 0.2) is 47.0 Å². The van der Waals surface area contributed by atoms with Crippen molar-refractivity contribution in [2.75, 3.05) is 5.32 Å². The van der Waals surface area contributed by atoms with Crippen molar-refractivity contribution in [1.29, 1.82) is 0 Å². The normalized spacial score (nSPS) is 10.7. The van der Waals surface area contributed by atoms with E-state index in [2.05, 4.69) is 10.5 Å². The van der Waals surface area contributed by atoms with Gasteiger partial charge in [0.25, 0.3) is 5.91 Å². The van der Waals surface area contributed by atoms with E-state index >= 15 is 0 Å². The number of rotatable bonds is 2. The highest BCUT2D eigenvalue weighted by Crippen LogP contribution is 2.21. The molecule has 0 saturated carbocycles. The topological polar surface area (TPSA) is 55.1 Å². The maximum atomic E-state index is 12.3. The van der Waals surface area contributed by atoms with Crippen LogP contribution in [0.3, 0.4) is 0 Å². The van der Waals surface area contributed by atoms with Crippen LogP contribution >= 0.6 is 0 Å². The molecule has 0 aliphatic heterocycles. The predicted molar refractivity (Wildman–Crippen MR) is 77.9 cm³/mol. The molecule has 1 aromatic heterocycles. The molecule has 4 heteroatoms. The number of aromatic nitrogens is 1. The molecule has 3 rings (SSSR count). The summed E-state index contributed by atoms with van der Waals surface area (Å²) < 4.78 is 5.15. The molecule has 0 fully saturated rings. The number of aryl methyl sites for hydroxylation is 2. The van der Waals surface area contributed by atoms with Gasteiger partial charge in [-0.15, -0.1) is 0 Å². The number of hydrogen-bond donors (Lipinski definition) is 1. The van der Waals surface area contributed by atoms with Gasteiger partial charge in [-0.1, -0.05) is 35.0 Å². The third kappa shape index (κ3) is 2.16. The average molecular weight is 266 g/mol. The van der Waals surface area contributed by atoms with Gasteiger partial charge in [0.2, 0.25) is 0 Å².